The summed E-state index contributed by atoms with van der Waals surface area (Å²) >= 11 is 9.27. The minimum atomic E-state index is -3.91. The molecule has 0 aliphatic rings. The number of carbonyl (C=O) groups is 2. The van der Waals surface area contributed by atoms with Crippen LogP contribution in [0, 0.1) is 0 Å². The van der Waals surface area contributed by atoms with Gasteiger partial charge in [-0.05, 0) is 62.2 Å². The van der Waals surface area contributed by atoms with Crippen molar-refractivity contribution in [1.82, 2.24) is 14.5 Å². The molecule has 0 saturated heterocycles. The number of rotatable bonds is 10. The van der Waals surface area contributed by atoms with Gasteiger partial charge in [-0.25, -0.2) is 8.42 Å². The van der Waals surface area contributed by atoms with Crippen LogP contribution in [0.25, 0.3) is 0 Å². The van der Waals surface area contributed by atoms with Crippen molar-refractivity contribution < 1.29 is 18.0 Å². The van der Waals surface area contributed by atoms with E-state index in [0.29, 0.717) is 5.02 Å². The molecule has 2 aromatic rings. The van der Waals surface area contributed by atoms with Crippen molar-refractivity contribution in [2.75, 3.05) is 13.6 Å². The number of likely N-dealkylation sites (N-methyl/N-ethyl adjacent to an activating group) is 1. The highest BCUT2D eigenvalue weighted by atomic mass is 79.9. The Bertz CT molecular complexity index is 1080. The number of hydrogen-bond donors (Lipinski definition) is 1. The lowest BCUT2D eigenvalue weighted by atomic mass is 10.1. The lowest BCUT2D eigenvalue weighted by Crippen LogP contribution is -2.51. The second kappa shape index (κ2) is 12.0. The van der Waals surface area contributed by atoms with Gasteiger partial charge in [-0.1, -0.05) is 46.6 Å². The Morgan fingerprint density at radius 3 is 2.33 bits per heavy atom. The molecule has 2 aromatic carbocycles. The van der Waals surface area contributed by atoms with Crippen LogP contribution in [0.3, 0.4) is 0 Å². The lowest BCUT2D eigenvalue weighted by molar-refractivity contribution is -0.140. The van der Waals surface area contributed by atoms with Crippen molar-refractivity contribution in [3.05, 3.63) is 63.6 Å². The third-order valence-corrected chi connectivity index (χ3v) is 7.85. The molecule has 33 heavy (non-hydrogen) atoms. The molecule has 0 aromatic heterocycles. The zero-order chi connectivity index (χ0) is 24.8. The molecule has 1 N–H and O–H groups in total. The molecule has 2 atom stereocenters. The standard InChI is InChI=1S/C23H29BrClN3O4S/c1-5-16(2)26-23(30)17(3)28(14-18-7-6-8-19(24)13-18)22(29)15-27(4)33(31,32)21-11-9-20(25)10-12-21/h6-13,16-17H,5,14-15H2,1-4H3,(H,26,30). The Morgan fingerprint density at radius 1 is 1.12 bits per heavy atom. The molecule has 0 radical (unpaired) electrons. The van der Waals surface area contributed by atoms with Gasteiger partial charge in [0.1, 0.15) is 6.04 Å². The molecule has 0 bridgehead atoms. The summed E-state index contributed by atoms with van der Waals surface area (Å²) in [6.07, 6.45) is 0.750. The van der Waals surface area contributed by atoms with Crippen LogP contribution < -0.4 is 5.32 Å². The number of sulfonamides is 1. The van der Waals surface area contributed by atoms with Crippen LogP contribution in [0.4, 0.5) is 0 Å². The van der Waals surface area contributed by atoms with Crippen LogP contribution in [0.1, 0.15) is 32.8 Å². The minimum Gasteiger partial charge on any atom is -0.352 e. The number of hydrogen-bond acceptors (Lipinski definition) is 4. The van der Waals surface area contributed by atoms with Gasteiger partial charge < -0.3 is 10.2 Å². The fourth-order valence-electron chi connectivity index (χ4n) is 3.03. The second-order valence-corrected chi connectivity index (χ2v) is 11.3. The fraction of sp³-hybridized carbons (Fsp3) is 0.391. The summed E-state index contributed by atoms with van der Waals surface area (Å²) in [6.45, 7) is 5.22. The highest BCUT2D eigenvalue weighted by molar-refractivity contribution is 9.10. The van der Waals surface area contributed by atoms with Gasteiger partial charge in [-0.15, -0.1) is 0 Å². The Balaban J connectivity index is 2.27. The van der Waals surface area contributed by atoms with E-state index in [1.54, 1.807) is 6.92 Å². The van der Waals surface area contributed by atoms with E-state index in [1.165, 1.54) is 36.2 Å². The van der Waals surface area contributed by atoms with E-state index in [2.05, 4.69) is 21.2 Å². The number of nitrogens with zero attached hydrogens (tertiary/aromatic N) is 2. The van der Waals surface area contributed by atoms with Gasteiger partial charge in [-0.2, -0.15) is 4.31 Å². The van der Waals surface area contributed by atoms with Crippen molar-refractivity contribution in [2.24, 2.45) is 0 Å². The number of benzene rings is 2. The Morgan fingerprint density at radius 2 is 1.76 bits per heavy atom. The van der Waals surface area contributed by atoms with E-state index in [-0.39, 0.29) is 23.4 Å². The van der Waals surface area contributed by atoms with Crippen LogP contribution in [0.15, 0.2) is 57.9 Å². The maximum absolute atomic E-state index is 13.3. The minimum absolute atomic E-state index is 0.0308. The van der Waals surface area contributed by atoms with E-state index < -0.39 is 28.5 Å². The van der Waals surface area contributed by atoms with Crippen LogP contribution in [0.2, 0.25) is 5.02 Å². The van der Waals surface area contributed by atoms with Gasteiger partial charge in [0, 0.05) is 29.1 Å². The summed E-state index contributed by atoms with van der Waals surface area (Å²) in [5.74, 6) is -0.780. The summed E-state index contributed by atoms with van der Waals surface area (Å²) in [5, 5.41) is 3.30. The van der Waals surface area contributed by atoms with E-state index in [4.69, 9.17) is 11.6 Å². The number of nitrogens with one attached hydrogen (secondary N) is 1. The van der Waals surface area contributed by atoms with Crippen LogP contribution in [-0.4, -0.2) is 55.1 Å². The number of halogens is 2. The Kier molecular flexibility index (Phi) is 9.90. The molecule has 2 rings (SSSR count). The summed E-state index contributed by atoms with van der Waals surface area (Å²) in [5.41, 5.74) is 0.809. The molecule has 0 fully saturated rings. The third-order valence-electron chi connectivity index (χ3n) is 5.29. The average Bonchev–Trinajstić information content (AvgIpc) is 2.77. The normalized spacial score (nSPS) is 13.4. The summed E-state index contributed by atoms with van der Waals surface area (Å²) in [7, 11) is -2.58. The monoisotopic (exact) mass is 557 g/mol. The predicted molar refractivity (Wildman–Crippen MR) is 133 cm³/mol. The molecule has 0 saturated carbocycles. The molecule has 2 unspecified atom stereocenters. The van der Waals surface area contributed by atoms with Crippen LogP contribution >= 0.6 is 27.5 Å². The average molecular weight is 559 g/mol. The first kappa shape index (κ1) is 27.3. The van der Waals surface area contributed by atoms with Gasteiger partial charge >= 0.3 is 0 Å². The molecule has 0 heterocycles. The number of carbonyl (C=O) groups excluding carboxylic acids is 2. The van der Waals surface area contributed by atoms with Crippen molar-refractivity contribution in [3.63, 3.8) is 0 Å². The second-order valence-electron chi connectivity index (χ2n) is 7.86. The van der Waals surface area contributed by atoms with Gasteiger partial charge in [-0.3, -0.25) is 9.59 Å². The highest BCUT2D eigenvalue weighted by Crippen LogP contribution is 2.19. The van der Waals surface area contributed by atoms with Crippen molar-refractivity contribution in [1.29, 1.82) is 0 Å². The smallest absolute Gasteiger partial charge is 0.243 e. The summed E-state index contributed by atoms with van der Waals surface area (Å²) in [4.78, 5) is 27.5. The fourth-order valence-corrected chi connectivity index (χ4v) is 4.73. The van der Waals surface area contributed by atoms with Crippen molar-refractivity contribution >= 4 is 49.4 Å². The van der Waals surface area contributed by atoms with E-state index in [1.807, 2.05) is 38.1 Å². The molecule has 10 heteroatoms. The zero-order valence-electron chi connectivity index (χ0n) is 19.1. The Hall–Kier alpha value is -1.94. The third kappa shape index (κ3) is 7.53. The maximum atomic E-state index is 13.3. The first-order valence-corrected chi connectivity index (χ1v) is 13.1. The van der Waals surface area contributed by atoms with Crippen molar-refractivity contribution in [3.8, 4) is 0 Å². The van der Waals surface area contributed by atoms with E-state index in [0.717, 1.165) is 20.8 Å². The molecule has 0 aliphatic carbocycles. The van der Waals surface area contributed by atoms with Crippen LogP contribution in [-0.2, 0) is 26.2 Å². The van der Waals surface area contributed by atoms with Gasteiger partial charge in [0.25, 0.3) is 0 Å². The summed E-state index contributed by atoms with van der Waals surface area (Å²) < 4.78 is 27.7. The van der Waals surface area contributed by atoms with Crippen molar-refractivity contribution in [2.45, 2.75) is 50.7 Å². The van der Waals surface area contributed by atoms with Gasteiger partial charge in [0.2, 0.25) is 21.8 Å². The molecular weight excluding hydrogens is 530 g/mol. The first-order chi connectivity index (χ1) is 15.4. The molecule has 0 spiro atoms. The molecule has 7 nitrogen and oxygen atoms in total. The van der Waals surface area contributed by atoms with E-state index in [9.17, 15) is 18.0 Å². The zero-order valence-corrected chi connectivity index (χ0v) is 22.2. The quantitative estimate of drug-likeness (QED) is 0.477. The summed E-state index contributed by atoms with van der Waals surface area (Å²) in [6, 6.07) is 12.3. The molecule has 180 valence electrons. The van der Waals surface area contributed by atoms with Gasteiger partial charge in [0.05, 0.1) is 11.4 Å². The highest BCUT2D eigenvalue weighted by Gasteiger charge is 2.30. The molecular formula is C23H29BrClN3O4S. The maximum Gasteiger partial charge on any atom is 0.243 e. The van der Waals surface area contributed by atoms with Crippen LogP contribution in [0.5, 0.6) is 0 Å². The first-order valence-electron chi connectivity index (χ1n) is 10.5. The number of amides is 2. The van der Waals surface area contributed by atoms with E-state index >= 15 is 0 Å². The lowest BCUT2D eigenvalue weighted by Gasteiger charge is -2.31. The molecule has 2 amide bonds. The predicted octanol–water partition coefficient (Wildman–Crippen LogP) is 4.06. The molecule has 0 aliphatic heterocycles. The topological polar surface area (TPSA) is 86.8 Å². The largest absolute Gasteiger partial charge is 0.352 e. The van der Waals surface area contributed by atoms with Gasteiger partial charge in [0.15, 0.2) is 0 Å². The Labute approximate surface area is 209 Å². The SMILES string of the molecule is CCC(C)NC(=O)C(C)N(Cc1cccc(Br)c1)C(=O)CN(C)S(=O)(=O)c1ccc(Cl)cc1.